The van der Waals surface area contributed by atoms with Crippen LogP contribution < -0.4 is 14.8 Å². The first-order valence-electron chi connectivity index (χ1n) is 9.12. The molecule has 0 bridgehead atoms. The summed E-state index contributed by atoms with van der Waals surface area (Å²) in [6.45, 7) is 4.05. The molecule has 0 heterocycles. The molecule has 0 aliphatic carbocycles. The Balaban J connectivity index is 2.13. The third-order valence-electron chi connectivity index (χ3n) is 4.45. The highest BCUT2D eigenvalue weighted by Crippen LogP contribution is 2.31. The molecular weight excluding hydrogens is 358 g/mol. The van der Waals surface area contributed by atoms with Gasteiger partial charge in [-0.15, -0.1) is 0 Å². The van der Waals surface area contributed by atoms with Crippen LogP contribution in [0.2, 0.25) is 0 Å². The van der Waals surface area contributed by atoms with Crippen LogP contribution in [0.5, 0.6) is 11.5 Å². The molecule has 1 atom stereocenters. The van der Waals surface area contributed by atoms with Crippen molar-refractivity contribution in [2.24, 2.45) is 0 Å². The first-order chi connectivity index (χ1) is 13.3. The minimum atomic E-state index is -1.00. The second kappa shape index (κ2) is 9.78. The molecule has 0 aliphatic heterocycles. The Morgan fingerprint density at radius 1 is 1.04 bits per heavy atom. The van der Waals surface area contributed by atoms with Gasteiger partial charge in [0.05, 0.1) is 26.7 Å². The topological polar surface area (TPSA) is 84.9 Å². The normalized spacial score (nSPS) is 11.6. The molecule has 2 rings (SSSR count). The number of methoxy groups -OCH3 is 2. The molecule has 1 amide bonds. The number of carboxylic acids is 1. The molecule has 28 heavy (non-hydrogen) atoms. The molecule has 2 N–H and O–H groups in total. The summed E-state index contributed by atoms with van der Waals surface area (Å²) in [5.41, 5.74) is 4.00. The van der Waals surface area contributed by atoms with E-state index in [1.807, 2.05) is 13.8 Å². The molecule has 2 aromatic rings. The Bertz CT molecular complexity index is 827. The average molecular weight is 385 g/mol. The van der Waals surface area contributed by atoms with Gasteiger partial charge in [0.25, 0.3) is 0 Å². The molecule has 0 aliphatic rings. The van der Waals surface area contributed by atoms with Gasteiger partial charge in [0, 0.05) is 18.1 Å². The lowest BCUT2D eigenvalue weighted by molar-refractivity contribution is -0.137. The van der Waals surface area contributed by atoms with E-state index in [0.717, 1.165) is 16.7 Å². The summed E-state index contributed by atoms with van der Waals surface area (Å²) < 4.78 is 10.5. The van der Waals surface area contributed by atoms with Crippen molar-refractivity contribution in [3.63, 3.8) is 0 Å². The Kier molecular flexibility index (Phi) is 7.44. The number of hydrogen-bond donors (Lipinski definition) is 2. The number of benzene rings is 2. The number of carbonyl (C=O) groups is 2. The fourth-order valence-corrected chi connectivity index (χ4v) is 3.26. The van der Waals surface area contributed by atoms with E-state index in [1.165, 1.54) is 14.2 Å². The van der Waals surface area contributed by atoms with Gasteiger partial charge in [-0.2, -0.15) is 0 Å². The van der Waals surface area contributed by atoms with Crippen LogP contribution in [0, 0.1) is 13.8 Å². The lowest BCUT2D eigenvalue weighted by Gasteiger charge is -2.20. The van der Waals surface area contributed by atoms with Crippen LogP contribution in [0.3, 0.4) is 0 Å². The van der Waals surface area contributed by atoms with Crippen LogP contribution in [0.15, 0.2) is 36.4 Å². The van der Waals surface area contributed by atoms with Crippen molar-refractivity contribution in [1.29, 1.82) is 0 Å². The Labute approximate surface area is 165 Å². The fraction of sp³-hybridized carbons (Fsp3) is 0.364. The van der Waals surface area contributed by atoms with Gasteiger partial charge < -0.3 is 19.9 Å². The highest BCUT2D eigenvalue weighted by molar-refractivity contribution is 5.78. The van der Waals surface area contributed by atoms with Gasteiger partial charge in [-0.25, -0.2) is 0 Å². The van der Waals surface area contributed by atoms with Gasteiger partial charge in [-0.3, -0.25) is 9.59 Å². The molecular formula is C22H27NO5. The number of carbonyl (C=O) groups excluding carboxylic acids is 1. The number of carboxylic acid groups (broad SMARTS) is 1. The molecule has 0 aromatic heterocycles. The Hall–Kier alpha value is -3.02. The maximum absolute atomic E-state index is 12.5. The molecule has 150 valence electrons. The third kappa shape index (κ3) is 6.01. The van der Waals surface area contributed by atoms with E-state index in [9.17, 15) is 14.7 Å². The van der Waals surface area contributed by atoms with Gasteiger partial charge in [-0.1, -0.05) is 29.3 Å². The summed E-state index contributed by atoms with van der Waals surface area (Å²) >= 11 is 0. The van der Waals surface area contributed by atoms with Gasteiger partial charge in [0.1, 0.15) is 11.5 Å². The van der Waals surface area contributed by atoms with Crippen molar-refractivity contribution in [3.8, 4) is 11.5 Å². The molecule has 0 spiro atoms. The standard InChI is InChI=1S/C22H27NO5/c1-14-9-15(2)11-16(10-14)5-8-21(24)23-19(13-22(25)26)18-7-6-17(27-3)12-20(18)28-4/h6-7,9-12,19H,5,8,13H2,1-4H3,(H,23,24)(H,25,26). The van der Waals surface area contributed by atoms with Crippen LogP contribution in [0.25, 0.3) is 0 Å². The number of rotatable bonds is 9. The highest BCUT2D eigenvalue weighted by Gasteiger charge is 2.22. The van der Waals surface area contributed by atoms with E-state index in [2.05, 4.69) is 23.5 Å². The minimum absolute atomic E-state index is 0.205. The van der Waals surface area contributed by atoms with E-state index in [4.69, 9.17) is 9.47 Å². The van der Waals surface area contributed by atoms with E-state index < -0.39 is 12.0 Å². The van der Waals surface area contributed by atoms with E-state index in [1.54, 1.807) is 18.2 Å². The molecule has 6 nitrogen and oxygen atoms in total. The average Bonchev–Trinajstić information content (AvgIpc) is 2.64. The van der Waals surface area contributed by atoms with Crippen LogP contribution in [0.1, 0.15) is 41.1 Å². The zero-order chi connectivity index (χ0) is 20.7. The number of hydrogen-bond acceptors (Lipinski definition) is 4. The number of amides is 1. The van der Waals surface area contributed by atoms with Gasteiger partial charge in [0.2, 0.25) is 5.91 Å². The maximum atomic E-state index is 12.5. The number of aryl methyl sites for hydroxylation is 3. The SMILES string of the molecule is COc1ccc(C(CC(=O)O)NC(=O)CCc2cc(C)cc(C)c2)c(OC)c1. The molecule has 1 unspecified atom stereocenters. The molecule has 0 radical (unpaired) electrons. The lowest BCUT2D eigenvalue weighted by Crippen LogP contribution is -2.30. The summed E-state index contributed by atoms with van der Waals surface area (Å²) in [7, 11) is 3.04. The van der Waals surface area contributed by atoms with Crippen molar-refractivity contribution in [2.45, 2.75) is 39.2 Å². The minimum Gasteiger partial charge on any atom is -0.497 e. The summed E-state index contributed by atoms with van der Waals surface area (Å²) in [6, 6.07) is 10.6. The van der Waals surface area contributed by atoms with Crippen LogP contribution in [-0.2, 0) is 16.0 Å². The monoisotopic (exact) mass is 385 g/mol. The summed E-state index contributed by atoms with van der Waals surface area (Å²) in [5, 5.41) is 12.1. The summed E-state index contributed by atoms with van der Waals surface area (Å²) in [4.78, 5) is 23.8. The Morgan fingerprint density at radius 2 is 1.71 bits per heavy atom. The second-order valence-electron chi connectivity index (χ2n) is 6.82. The van der Waals surface area contributed by atoms with Crippen molar-refractivity contribution in [1.82, 2.24) is 5.32 Å². The molecule has 0 saturated heterocycles. The van der Waals surface area contributed by atoms with Crippen LogP contribution >= 0.6 is 0 Å². The van der Waals surface area contributed by atoms with Crippen molar-refractivity contribution < 1.29 is 24.2 Å². The quantitative estimate of drug-likeness (QED) is 0.689. The van der Waals surface area contributed by atoms with Gasteiger partial charge >= 0.3 is 5.97 Å². The highest BCUT2D eigenvalue weighted by atomic mass is 16.5. The number of nitrogens with one attached hydrogen (secondary N) is 1. The first kappa shape index (κ1) is 21.3. The zero-order valence-electron chi connectivity index (χ0n) is 16.7. The molecule has 0 fully saturated rings. The zero-order valence-corrected chi connectivity index (χ0v) is 16.7. The Morgan fingerprint density at radius 3 is 2.29 bits per heavy atom. The third-order valence-corrected chi connectivity index (χ3v) is 4.45. The molecule has 2 aromatic carbocycles. The predicted molar refractivity (Wildman–Crippen MR) is 107 cm³/mol. The van der Waals surface area contributed by atoms with Crippen molar-refractivity contribution >= 4 is 11.9 Å². The van der Waals surface area contributed by atoms with E-state index in [0.29, 0.717) is 23.5 Å². The fourth-order valence-electron chi connectivity index (χ4n) is 3.26. The molecule has 6 heteroatoms. The van der Waals surface area contributed by atoms with E-state index in [-0.39, 0.29) is 18.7 Å². The molecule has 0 saturated carbocycles. The summed E-state index contributed by atoms with van der Waals surface area (Å²) in [5.74, 6) is -0.142. The van der Waals surface area contributed by atoms with Gasteiger partial charge in [-0.05, 0) is 38.0 Å². The van der Waals surface area contributed by atoms with Crippen molar-refractivity contribution in [3.05, 3.63) is 58.7 Å². The first-order valence-corrected chi connectivity index (χ1v) is 9.12. The smallest absolute Gasteiger partial charge is 0.305 e. The van der Waals surface area contributed by atoms with Crippen molar-refractivity contribution in [2.75, 3.05) is 14.2 Å². The number of aliphatic carboxylic acids is 1. The largest absolute Gasteiger partial charge is 0.497 e. The number of ether oxygens (including phenoxy) is 2. The van der Waals surface area contributed by atoms with E-state index >= 15 is 0 Å². The van der Waals surface area contributed by atoms with Crippen LogP contribution in [-0.4, -0.2) is 31.2 Å². The summed E-state index contributed by atoms with van der Waals surface area (Å²) in [6.07, 6.45) is 0.628. The van der Waals surface area contributed by atoms with Gasteiger partial charge in [0.15, 0.2) is 0 Å². The predicted octanol–water partition coefficient (Wildman–Crippen LogP) is 3.59. The lowest BCUT2D eigenvalue weighted by atomic mass is 10.0. The maximum Gasteiger partial charge on any atom is 0.305 e. The van der Waals surface area contributed by atoms with Crippen LogP contribution in [0.4, 0.5) is 0 Å². The second-order valence-corrected chi connectivity index (χ2v) is 6.82.